The Morgan fingerprint density at radius 2 is 1.73 bits per heavy atom. The van der Waals surface area contributed by atoms with Gasteiger partial charge in [0.05, 0.1) is 18.2 Å². The van der Waals surface area contributed by atoms with E-state index in [0.29, 0.717) is 6.42 Å². The van der Waals surface area contributed by atoms with Gasteiger partial charge >= 0.3 is 6.09 Å². The quantitative estimate of drug-likeness (QED) is 0.114. The zero-order valence-corrected chi connectivity index (χ0v) is 27.4. The molecule has 1 fully saturated rings. The molecule has 0 aromatic rings. The SMILES string of the molecule is C=C/C=C\C=C(/C)COC(=O)N[C@H](C(=O)N[C@@H](CC1CCCCC1)C(=O)NN(CCC(N)=O)C(=O)CCl)[C@@H](C)OC(C)(C)C. The smallest absolute Gasteiger partial charge is 0.408 e. The summed E-state index contributed by atoms with van der Waals surface area (Å²) in [5.74, 6) is -2.90. The number of amides is 5. The molecule has 0 bridgehead atoms. The highest BCUT2D eigenvalue weighted by Crippen LogP contribution is 2.27. The van der Waals surface area contributed by atoms with E-state index >= 15 is 0 Å². The van der Waals surface area contributed by atoms with Gasteiger partial charge in [0.2, 0.25) is 11.8 Å². The van der Waals surface area contributed by atoms with E-state index in [9.17, 15) is 24.0 Å². The molecule has 0 aromatic carbocycles. The lowest BCUT2D eigenvalue weighted by Crippen LogP contribution is -2.60. The summed E-state index contributed by atoms with van der Waals surface area (Å²) in [6.07, 6.45) is 10.2. The molecule has 0 spiro atoms. The lowest BCUT2D eigenvalue weighted by Gasteiger charge is -2.33. The van der Waals surface area contributed by atoms with Crippen molar-refractivity contribution in [2.75, 3.05) is 19.0 Å². The van der Waals surface area contributed by atoms with E-state index in [1.54, 1.807) is 38.2 Å². The average molecular weight is 640 g/mol. The van der Waals surface area contributed by atoms with Crippen LogP contribution < -0.4 is 21.8 Å². The zero-order chi connectivity index (χ0) is 33.3. The molecule has 1 aliphatic carbocycles. The van der Waals surface area contributed by atoms with Crippen molar-refractivity contribution in [3.05, 3.63) is 36.5 Å². The number of alkyl carbamates (subject to hydrolysis) is 1. The van der Waals surface area contributed by atoms with E-state index in [0.717, 1.165) is 42.7 Å². The molecule has 0 heterocycles. The van der Waals surface area contributed by atoms with Crippen molar-refractivity contribution >= 4 is 41.3 Å². The Hall–Kier alpha value is -3.38. The van der Waals surface area contributed by atoms with Crippen LogP contribution >= 0.6 is 11.6 Å². The van der Waals surface area contributed by atoms with Gasteiger partial charge in [-0.2, -0.15) is 0 Å². The maximum Gasteiger partial charge on any atom is 0.408 e. The average Bonchev–Trinajstić information content (AvgIpc) is 2.95. The number of allylic oxidation sites excluding steroid dienone is 4. The van der Waals surface area contributed by atoms with E-state index in [-0.39, 0.29) is 25.5 Å². The third-order valence-corrected chi connectivity index (χ3v) is 7.02. The Kier molecular flexibility index (Phi) is 17.4. The molecule has 12 nitrogen and oxygen atoms in total. The lowest BCUT2D eigenvalue weighted by molar-refractivity contribution is -0.142. The molecular weight excluding hydrogens is 590 g/mol. The Morgan fingerprint density at radius 3 is 2.30 bits per heavy atom. The number of carbonyl (C=O) groups is 5. The van der Waals surface area contributed by atoms with Crippen LogP contribution in [0.25, 0.3) is 0 Å². The third kappa shape index (κ3) is 15.9. The van der Waals surface area contributed by atoms with Crippen LogP contribution in [0.5, 0.6) is 0 Å². The van der Waals surface area contributed by atoms with Gasteiger partial charge in [-0.05, 0) is 52.5 Å². The molecule has 0 aromatic heterocycles. The molecule has 1 rings (SSSR count). The van der Waals surface area contributed by atoms with Crippen molar-refractivity contribution in [2.45, 2.75) is 103 Å². The number of primary amides is 1. The van der Waals surface area contributed by atoms with Crippen molar-refractivity contribution in [3.8, 4) is 0 Å². The number of ether oxygens (including phenoxy) is 2. The number of nitrogens with one attached hydrogen (secondary N) is 3. The number of hydrogen-bond acceptors (Lipinski definition) is 7. The van der Waals surface area contributed by atoms with Crippen LogP contribution in [-0.2, 0) is 28.7 Å². The Bertz CT molecular complexity index is 1050. The molecule has 44 heavy (non-hydrogen) atoms. The molecule has 1 aliphatic rings. The molecule has 13 heteroatoms. The number of halogens is 1. The summed E-state index contributed by atoms with van der Waals surface area (Å²) in [6, 6.07) is -2.28. The Labute approximate surface area is 266 Å². The third-order valence-electron chi connectivity index (χ3n) is 6.79. The molecule has 5 amide bonds. The molecule has 3 atom stereocenters. The number of carbonyl (C=O) groups excluding carboxylic acids is 5. The summed E-state index contributed by atoms with van der Waals surface area (Å²) in [6.45, 7) is 12.3. The minimum atomic E-state index is -1.22. The Balaban J connectivity index is 3.20. The first kappa shape index (κ1) is 38.6. The summed E-state index contributed by atoms with van der Waals surface area (Å²) in [4.78, 5) is 63.7. The van der Waals surface area contributed by atoms with Crippen LogP contribution in [-0.4, -0.2) is 77.6 Å². The van der Waals surface area contributed by atoms with Crippen LogP contribution in [0.15, 0.2) is 36.5 Å². The van der Waals surface area contributed by atoms with E-state index in [2.05, 4.69) is 22.6 Å². The number of nitrogens with two attached hydrogens (primary N) is 1. The van der Waals surface area contributed by atoms with E-state index in [1.807, 2.05) is 20.8 Å². The molecule has 248 valence electrons. The highest BCUT2D eigenvalue weighted by molar-refractivity contribution is 6.27. The number of rotatable bonds is 16. The first-order chi connectivity index (χ1) is 20.7. The van der Waals surface area contributed by atoms with Gasteiger partial charge in [0.1, 0.15) is 24.6 Å². The highest BCUT2D eigenvalue weighted by Gasteiger charge is 2.35. The standard InChI is InChI=1S/C31H50ClN5O7/c1-7-8-10-13-21(2)20-43-30(42)35-27(22(3)44-31(4,5)6)29(41)34-24(18-23-14-11-9-12-15-23)28(40)36-37(26(39)19-32)17-16-25(33)38/h7-8,10,13,22-24,27H,1,9,11-12,14-20H2,2-6H3,(H2,33,38)(H,34,41)(H,35,42)(H,36,40)/b10-8-,21-13+/t22-,24+,27+/m1/s1. The number of nitrogens with zero attached hydrogens (tertiary/aromatic N) is 1. The van der Waals surface area contributed by atoms with E-state index in [4.69, 9.17) is 26.8 Å². The second-order valence-electron chi connectivity index (χ2n) is 11.9. The number of hydrogen-bond donors (Lipinski definition) is 4. The molecular formula is C31H50ClN5O7. The maximum absolute atomic E-state index is 13.7. The van der Waals surface area contributed by atoms with Crippen molar-refractivity contribution in [2.24, 2.45) is 11.7 Å². The minimum absolute atomic E-state index is 0.0153. The Morgan fingerprint density at radius 1 is 1.07 bits per heavy atom. The first-order valence-electron chi connectivity index (χ1n) is 15.0. The van der Waals surface area contributed by atoms with Crippen molar-refractivity contribution in [3.63, 3.8) is 0 Å². The normalized spacial score (nSPS) is 16.4. The van der Waals surface area contributed by atoms with Crippen molar-refractivity contribution in [1.82, 2.24) is 21.1 Å². The monoisotopic (exact) mass is 639 g/mol. The van der Waals surface area contributed by atoms with Gasteiger partial charge < -0.3 is 25.8 Å². The van der Waals surface area contributed by atoms with Gasteiger partial charge in [0.15, 0.2) is 0 Å². The van der Waals surface area contributed by atoms with Crippen LogP contribution in [0.3, 0.4) is 0 Å². The summed E-state index contributed by atoms with van der Waals surface area (Å²) in [5, 5.41) is 6.28. The van der Waals surface area contributed by atoms with Gasteiger partial charge in [-0.15, -0.1) is 11.6 Å². The summed E-state index contributed by atoms with van der Waals surface area (Å²) >= 11 is 5.71. The summed E-state index contributed by atoms with van der Waals surface area (Å²) in [7, 11) is 0. The molecule has 0 radical (unpaired) electrons. The summed E-state index contributed by atoms with van der Waals surface area (Å²) < 4.78 is 11.3. The van der Waals surface area contributed by atoms with Gasteiger partial charge in [-0.3, -0.25) is 29.6 Å². The summed E-state index contributed by atoms with van der Waals surface area (Å²) in [5.41, 5.74) is 7.83. The molecule has 0 aliphatic heterocycles. The molecule has 5 N–H and O–H groups in total. The van der Waals surface area contributed by atoms with Crippen molar-refractivity contribution in [1.29, 1.82) is 0 Å². The number of alkyl halides is 1. The van der Waals surface area contributed by atoms with Crippen LogP contribution in [0.1, 0.15) is 79.6 Å². The lowest BCUT2D eigenvalue weighted by atomic mass is 9.84. The van der Waals surface area contributed by atoms with E-state index < -0.39 is 59.4 Å². The van der Waals surface area contributed by atoms with Crippen molar-refractivity contribution < 1.29 is 33.4 Å². The van der Waals surface area contributed by atoms with Crippen LogP contribution in [0, 0.1) is 5.92 Å². The fraction of sp³-hybridized carbons (Fsp3) is 0.645. The first-order valence-corrected chi connectivity index (χ1v) is 15.5. The molecule has 0 unspecified atom stereocenters. The highest BCUT2D eigenvalue weighted by atomic mass is 35.5. The van der Waals surface area contributed by atoms with E-state index in [1.165, 1.54) is 0 Å². The topological polar surface area (TPSA) is 169 Å². The van der Waals surface area contributed by atoms with Gasteiger partial charge in [-0.25, -0.2) is 4.79 Å². The van der Waals surface area contributed by atoms with Gasteiger partial charge in [-0.1, -0.05) is 63.0 Å². The fourth-order valence-electron chi connectivity index (χ4n) is 4.71. The minimum Gasteiger partial charge on any atom is -0.445 e. The second-order valence-corrected chi connectivity index (χ2v) is 12.2. The predicted molar refractivity (Wildman–Crippen MR) is 169 cm³/mol. The predicted octanol–water partition coefficient (Wildman–Crippen LogP) is 3.40. The number of hydrazine groups is 1. The zero-order valence-electron chi connectivity index (χ0n) is 26.7. The van der Waals surface area contributed by atoms with Crippen LogP contribution in [0.2, 0.25) is 0 Å². The molecule has 1 saturated carbocycles. The maximum atomic E-state index is 13.7. The van der Waals surface area contributed by atoms with Gasteiger partial charge in [0, 0.05) is 6.42 Å². The van der Waals surface area contributed by atoms with Crippen LogP contribution in [0.4, 0.5) is 4.79 Å². The molecule has 0 saturated heterocycles. The fourth-order valence-corrected chi connectivity index (χ4v) is 4.86. The largest absolute Gasteiger partial charge is 0.445 e. The second kappa shape index (κ2) is 19.8. The van der Waals surface area contributed by atoms with Gasteiger partial charge in [0.25, 0.3) is 11.8 Å².